The fourth-order valence-electron chi connectivity index (χ4n) is 2.66. The molecule has 1 aromatic carbocycles. The van der Waals surface area contributed by atoms with Crippen molar-refractivity contribution in [1.82, 2.24) is 0 Å². The van der Waals surface area contributed by atoms with E-state index in [1.54, 1.807) is 32.4 Å². The molecule has 158 valence electrons. The van der Waals surface area contributed by atoms with E-state index in [0.717, 1.165) is 11.3 Å². The van der Waals surface area contributed by atoms with Crippen molar-refractivity contribution in [2.75, 3.05) is 33.2 Å². The predicted molar refractivity (Wildman–Crippen MR) is 114 cm³/mol. The van der Waals surface area contributed by atoms with Crippen LogP contribution in [0.2, 0.25) is 0 Å². The average molecular weight is 410 g/mol. The lowest BCUT2D eigenvalue weighted by Gasteiger charge is -2.17. The third-order valence-electron chi connectivity index (χ3n) is 4.28. The standard InChI is InChI=1S/C23H26N2O5/c1-25(2)18-13-21(27-3)20(22(14-18)28-4)11-7-5-6-9-17(15-24)23(26)30-16-19-10-8-12-29-19/h7-14H,5-6,16H2,1-4H3/b11-7+,17-9+. The summed E-state index contributed by atoms with van der Waals surface area (Å²) in [7, 11) is 7.12. The van der Waals surface area contributed by atoms with Crippen molar-refractivity contribution in [3.63, 3.8) is 0 Å². The molecule has 0 fully saturated rings. The third-order valence-corrected chi connectivity index (χ3v) is 4.28. The van der Waals surface area contributed by atoms with E-state index < -0.39 is 5.97 Å². The molecule has 0 aliphatic rings. The fraction of sp³-hybridized carbons (Fsp3) is 0.304. The topological polar surface area (TPSA) is 84.9 Å². The van der Waals surface area contributed by atoms with Gasteiger partial charge in [-0.1, -0.05) is 18.2 Å². The predicted octanol–water partition coefficient (Wildman–Crippen LogP) is 4.35. The Kier molecular flexibility index (Phi) is 8.57. The molecule has 0 aliphatic heterocycles. The van der Waals surface area contributed by atoms with Crippen molar-refractivity contribution >= 4 is 17.7 Å². The Bertz CT molecular complexity index is 912. The number of rotatable bonds is 10. The largest absolute Gasteiger partial charge is 0.496 e. The number of methoxy groups -OCH3 is 2. The van der Waals surface area contributed by atoms with Crippen molar-refractivity contribution in [1.29, 1.82) is 5.26 Å². The van der Waals surface area contributed by atoms with Gasteiger partial charge in [-0.15, -0.1) is 0 Å². The van der Waals surface area contributed by atoms with Crippen LogP contribution in [0.25, 0.3) is 6.08 Å². The number of carbonyl (C=O) groups is 1. The molecule has 2 rings (SSSR count). The lowest BCUT2D eigenvalue weighted by molar-refractivity contribution is -0.140. The third kappa shape index (κ3) is 6.17. The fourth-order valence-corrected chi connectivity index (χ4v) is 2.66. The van der Waals surface area contributed by atoms with Crippen LogP contribution >= 0.6 is 0 Å². The van der Waals surface area contributed by atoms with Gasteiger partial charge >= 0.3 is 5.97 Å². The molecule has 0 N–H and O–H groups in total. The van der Waals surface area contributed by atoms with Gasteiger partial charge in [0.25, 0.3) is 0 Å². The first kappa shape index (κ1) is 22.6. The zero-order chi connectivity index (χ0) is 21.9. The smallest absolute Gasteiger partial charge is 0.348 e. The Labute approximate surface area is 176 Å². The first-order valence-electron chi connectivity index (χ1n) is 9.39. The van der Waals surface area contributed by atoms with Gasteiger partial charge < -0.3 is 23.5 Å². The Balaban J connectivity index is 1.99. The highest BCUT2D eigenvalue weighted by Crippen LogP contribution is 2.35. The van der Waals surface area contributed by atoms with Crippen molar-refractivity contribution in [3.05, 3.63) is 59.6 Å². The molecule has 0 amide bonds. The molecule has 0 saturated heterocycles. The lowest BCUT2D eigenvalue weighted by atomic mass is 10.1. The van der Waals surface area contributed by atoms with Crippen LogP contribution in [-0.2, 0) is 16.1 Å². The molecule has 0 atom stereocenters. The Hall–Kier alpha value is -3.66. The van der Waals surface area contributed by atoms with Crippen LogP contribution in [0.15, 0.2) is 52.7 Å². The molecule has 0 bridgehead atoms. The summed E-state index contributed by atoms with van der Waals surface area (Å²) in [6, 6.07) is 9.15. The molecular weight excluding hydrogens is 384 g/mol. The van der Waals surface area contributed by atoms with Crippen LogP contribution in [0.3, 0.4) is 0 Å². The number of benzene rings is 1. The van der Waals surface area contributed by atoms with Gasteiger partial charge in [-0.05, 0) is 25.0 Å². The number of nitrogens with zero attached hydrogens (tertiary/aromatic N) is 2. The quantitative estimate of drug-likeness (QED) is 0.249. The second-order valence-corrected chi connectivity index (χ2v) is 6.52. The minimum atomic E-state index is -0.666. The van der Waals surface area contributed by atoms with Crippen LogP contribution in [0.5, 0.6) is 11.5 Å². The molecule has 0 unspecified atom stereocenters. The van der Waals surface area contributed by atoms with Crippen molar-refractivity contribution < 1.29 is 23.4 Å². The Morgan fingerprint density at radius 2 is 1.90 bits per heavy atom. The Morgan fingerprint density at radius 3 is 2.43 bits per heavy atom. The number of hydrogen-bond donors (Lipinski definition) is 0. The van der Waals surface area contributed by atoms with Crippen LogP contribution in [0.4, 0.5) is 5.69 Å². The van der Waals surface area contributed by atoms with Gasteiger partial charge in [-0.25, -0.2) is 4.79 Å². The molecule has 1 heterocycles. The first-order chi connectivity index (χ1) is 14.5. The van der Waals surface area contributed by atoms with E-state index in [4.69, 9.17) is 18.6 Å². The number of nitriles is 1. The summed E-state index contributed by atoms with van der Waals surface area (Å²) >= 11 is 0. The van der Waals surface area contributed by atoms with Gasteiger partial charge in [-0.2, -0.15) is 5.26 Å². The second-order valence-electron chi connectivity index (χ2n) is 6.52. The summed E-state index contributed by atoms with van der Waals surface area (Å²) in [6.45, 7) is -0.00666. The van der Waals surface area contributed by atoms with Crippen LogP contribution in [0, 0.1) is 11.3 Å². The number of furan rings is 1. The summed E-state index contributed by atoms with van der Waals surface area (Å²) in [5.41, 5.74) is 1.77. The minimum Gasteiger partial charge on any atom is -0.496 e. The zero-order valence-electron chi connectivity index (χ0n) is 17.7. The van der Waals surface area contributed by atoms with Gasteiger partial charge in [0.2, 0.25) is 0 Å². The number of esters is 1. The van der Waals surface area contributed by atoms with Crippen LogP contribution < -0.4 is 14.4 Å². The number of allylic oxidation sites excluding steroid dienone is 2. The summed E-state index contributed by atoms with van der Waals surface area (Å²) in [5.74, 6) is 1.25. The number of carbonyl (C=O) groups excluding carboxylic acids is 1. The molecule has 0 saturated carbocycles. The normalized spacial score (nSPS) is 11.2. The summed E-state index contributed by atoms with van der Waals surface area (Å²) in [6.07, 6.45) is 8.04. The lowest BCUT2D eigenvalue weighted by Crippen LogP contribution is -2.09. The van der Waals surface area contributed by atoms with E-state index in [0.29, 0.717) is 30.1 Å². The molecule has 7 heteroatoms. The monoisotopic (exact) mass is 410 g/mol. The highest BCUT2D eigenvalue weighted by atomic mass is 16.5. The van der Waals surface area contributed by atoms with Gasteiger partial charge in [0, 0.05) is 31.9 Å². The van der Waals surface area contributed by atoms with E-state index >= 15 is 0 Å². The first-order valence-corrected chi connectivity index (χ1v) is 9.39. The van der Waals surface area contributed by atoms with Gasteiger partial charge in [0.05, 0.1) is 26.0 Å². The number of hydrogen-bond acceptors (Lipinski definition) is 7. The zero-order valence-corrected chi connectivity index (χ0v) is 17.7. The number of anilines is 1. The van der Waals surface area contributed by atoms with E-state index in [9.17, 15) is 10.1 Å². The summed E-state index contributed by atoms with van der Waals surface area (Å²) < 4.78 is 21.2. The SMILES string of the molecule is COc1cc(N(C)C)cc(OC)c1/C=C/CC/C=C(\C#N)C(=O)OCc1ccco1. The molecule has 30 heavy (non-hydrogen) atoms. The van der Waals surface area contributed by atoms with Gasteiger partial charge in [0.1, 0.15) is 35.5 Å². The molecule has 0 spiro atoms. The molecule has 1 aromatic heterocycles. The number of ether oxygens (including phenoxy) is 3. The van der Waals surface area contributed by atoms with Gasteiger partial charge in [-0.3, -0.25) is 0 Å². The van der Waals surface area contributed by atoms with Crippen molar-refractivity contribution in [2.24, 2.45) is 0 Å². The summed E-state index contributed by atoms with van der Waals surface area (Å²) in [5, 5.41) is 9.20. The van der Waals surface area contributed by atoms with Crippen LogP contribution in [-0.4, -0.2) is 34.3 Å². The second kappa shape index (κ2) is 11.4. The minimum absolute atomic E-state index is 0.00666. The molecule has 2 aromatic rings. The number of unbranched alkanes of at least 4 members (excludes halogenated alkanes) is 1. The highest BCUT2D eigenvalue weighted by molar-refractivity contribution is 5.92. The maximum absolute atomic E-state index is 12.0. The Morgan fingerprint density at radius 1 is 1.20 bits per heavy atom. The van der Waals surface area contributed by atoms with E-state index in [1.165, 1.54) is 6.26 Å². The van der Waals surface area contributed by atoms with Gasteiger partial charge in [0.15, 0.2) is 0 Å². The highest BCUT2D eigenvalue weighted by Gasteiger charge is 2.12. The van der Waals surface area contributed by atoms with Crippen molar-refractivity contribution in [3.8, 4) is 17.6 Å². The van der Waals surface area contributed by atoms with Crippen LogP contribution in [0.1, 0.15) is 24.2 Å². The maximum Gasteiger partial charge on any atom is 0.348 e. The van der Waals surface area contributed by atoms with E-state index in [2.05, 4.69) is 0 Å². The average Bonchev–Trinajstić information content (AvgIpc) is 3.27. The molecule has 0 aliphatic carbocycles. The van der Waals surface area contributed by atoms with E-state index in [-0.39, 0.29) is 12.2 Å². The van der Waals surface area contributed by atoms with Crippen molar-refractivity contribution in [2.45, 2.75) is 19.4 Å². The maximum atomic E-state index is 12.0. The molecule has 7 nitrogen and oxygen atoms in total. The molecule has 0 radical (unpaired) electrons. The summed E-state index contributed by atoms with van der Waals surface area (Å²) in [4.78, 5) is 14.0. The molecular formula is C23H26N2O5. The van der Waals surface area contributed by atoms with E-state index in [1.807, 2.05) is 49.3 Å².